The smallest absolute Gasteiger partial charge is 0.326 e. The van der Waals surface area contributed by atoms with Gasteiger partial charge in [0, 0.05) is 13.0 Å². The number of hydrogen-bond donors (Lipinski definition) is 6. The van der Waals surface area contributed by atoms with Crippen molar-refractivity contribution in [2.75, 3.05) is 13.1 Å². The summed E-state index contributed by atoms with van der Waals surface area (Å²) in [7, 11) is 0. The van der Waals surface area contributed by atoms with Gasteiger partial charge in [-0.2, -0.15) is 0 Å². The highest BCUT2D eigenvalue weighted by molar-refractivity contribution is 5.86. The lowest BCUT2D eigenvalue weighted by Crippen LogP contribution is -2.51. The Balaban J connectivity index is 0. The summed E-state index contributed by atoms with van der Waals surface area (Å²) in [6.07, 6.45) is 5.78. The Kier molecular flexibility index (Phi) is 18.3. The third-order valence-electron chi connectivity index (χ3n) is 3.87. The first-order valence-corrected chi connectivity index (χ1v) is 10.1. The van der Waals surface area contributed by atoms with Gasteiger partial charge in [-0.25, -0.2) is 14.4 Å². The fourth-order valence-electron chi connectivity index (χ4n) is 2.32. The number of amides is 2. The highest BCUT2D eigenvalue weighted by Gasteiger charge is 2.24. The molecule has 31 heavy (non-hydrogen) atoms. The Bertz CT molecular complexity index is 632. The number of urea groups is 1. The van der Waals surface area contributed by atoms with Gasteiger partial charge in [-0.05, 0) is 37.8 Å². The summed E-state index contributed by atoms with van der Waals surface area (Å²) < 4.78 is 0. The molecular weight excluding hydrogens is 406 g/mol. The Labute approximate surface area is 183 Å². The van der Waals surface area contributed by atoms with E-state index < -0.39 is 42.4 Å². The highest BCUT2D eigenvalue weighted by Crippen LogP contribution is 2.03. The summed E-state index contributed by atoms with van der Waals surface area (Å²) in [6, 6.07) is -3.58. The van der Waals surface area contributed by atoms with Gasteiger partial charge < -0.3 is 31.3 Å². The molecule has 6 N–H and O–H groups in total. The molecule has 176 valence electrons. The van der Waals surface area contributed by atoms with E-state index in [9.17, 15) is 24.3 Å². The average molecular weight is 442 g/mol. The Hall–Kier alpha value is -3.14. The van der Waals surface area contributed by atoms with Gasteiger partial charge in [0.25, 0.3) is 0 Å². The molecule has 0 rings (SSSR count). The molecule has 0 aliphatic carbocycles. The molecule has 2 amide bonds. The molecule has 0 saturated heterocycles. The molecule has 0 aromatic rings. The van der Waals surface area contributed by atoms with Crippen LogP contribution in [0.1, 0.15) is 46.0 Å². The Morgan fingerprint density at radius 2 is 1.45 bits per heavy atom. The standard InChI is InChI=1S/C19H29N3O7.C2H6/c1-3-7-13(4-2)12-20-11-6-5-8-14(17(25)26)21-19(29)22-15(18(27)28)9-10-16(23)24;1-2/h3-4,7,14-15,20H,1-2,5-6,8-12H2,(H,23,24)(H,25,26)(H,27,28)(H2,21,22,29);1-2H3/b13-7+;. The third-order valence-corrected chi connectivity index (χ3v) is 3.87. The molecule has 0 aliphatic rings. The molecule has 2 atom stereocenters. The first-order chi connectivity index (χ1) is 14.7. The van der Waals surface area contributed by atoms with Crippen LogP contribution in [0, 0.1) is 0 Å². The van der Waals surface area contributed by atoms with Crippen molar-refractivity contribution < 1.29 is 34.5 Å². The molecule has 0 aromatic carbocycles. The van der Waals surface area contributed by atoms with Crippen molar-refractivity contribution in [1.29, 1.82) is 0 Å². The van der Waals surface area contributed by atoms with Crippen LogP contribution in [0.15, 0.2) is 37.0 Å². The molecule has 0 radical (unpaired) electrons. The maximum Gasteiger partial charge on any atom is 0.326 e. The van der Waals surface area contributed by atoms with Crippen molar-refractivity contribution in [2.24, 2.45) is 0 Å². The minimum Gasteiger partial charge on any atom is -0.481 e. The van der Waals surface area contributed by atoms with Gasteiger partial charge in [0.1, 0.15) is 12.1 Å². The fourth-order valence-corrected chi connectivity index (χ4v) is 2.32. The first-order valence-electron chi connectivity index (χ1n) is 10.1. The van der Waals surface area contributed by atoms with E-state index in [4.69, 9.17) is 10.2 Å². The molecule has 0 bridgehead atoms. The SMILES string of the molecule is C=C/C=C(\C=C)CNCCCCC(NC(=O)NC(CCC(=O)O)C(=O)O)C(=O)O.CC. The van der Waals surface area contributed by atoms with E-state index in [-0.39, 0.29) is 12.8 Å². The van der Waals surface area contributed by atoms with Gasteiger partial charge in [-0.3, -0.25) is 4.79 Å². The topological polar surface area (TPSA) is 165 Å². The van der Waals surface area contributed by atoms with Crippen LogP contribution in [0.3, 0.4) is 0 Å². The zero-order valence-electron chi connectivity index (χ0n) is 18.2. The number of carboxylic acid groups (broad SMARTS) is 3. The van der Waals surface area contributed by atoms with Crippen LogP contribution in [0.2, 0.25) is 0 Å². The van der Waals surface area contributed by atoms with E-state index >= 15 is 0 Å². The number of nitrogens with one attached hydrogen (secondary N) is 3. The molecule has 0 aromatic heterocycles. The van der Waals surface area contributed by atoms with Crippen molar-refractivity contribution in [3.63, 3.8) is 0 Å². The predicted molar refractivity (Wildman–Crippen MR) is 118 cm³/mol. The van der Waals surface area contributed by atoms with Crippen LogP contribution in [0.4, 0.5) is 4.79 Å². The number of hydrogen-bond acceptors (Lipinski definition) is 5. The molecule has 10 heteroatoms. The third kappa shape index (κ3) is 16.4. The minimum atomic E-state index is -1.42. The van der Waals surface area contributed by atoms with Crippen LogP contribution >= 0.6 is 0 Å². The second-order valence-electron chi connectivity index (χ2n) is 6.19. The lowest BCUT2D eigenvalue weighted by atomic mass is 10.1. The first kappa shape index (κ1) is 30.1. The molecule has 2 unspecified atom stereocenters. The van der Waals surface area contributed by atoms with E-state index in [1.165, 1.54) is 0 Å². The van der Waals surface area contributed by atoms with Crippen molar-refractivity contribution in [1.82, 2.24) is 16.0 Å². The molecule has 0 saturated carbocycles. The van der Waals surface area contributed by atoms with E-state index in [1.807, 2.05) is 19.9 Å². The summed E-state index contributed by atoms with van der Waals surface area (Å²) in [6.45, 7) is 12.5. The van der Waals surface area contributed by atoms with Crippen LogP contribution in [0.25, 0.3) is 0 Å². The lowest BCUT2D eigenvalue weighted by molar-refractivity contribution is -0.140. The van der Waals surface area contributed by atoms with E-state index in [0.717, 1.165) is 5.57 Å². The average Bonchev–Trinajstić information content (AvgIpc) is 2.72. The maximum atomic E-state index is 11.9. The summed E-state index contributed by atoms with van der Waals surface area (Å²) in [5.74, 6) is -3.84. The Morgan fingerprint density at radius 3 is 1.90 bits per heavy atom. The number of carboxylic acids is 3. The fraction of sp³-hybridized carbons (Fsp3) is 0.524. The Morgan fingerprint density at radius 1 is 0.903 bits per heavy atom. The second-order valence-corrected chi connectivity index (χ2v) is 6.19. The van der Waals surface area contributed by atoms with Crippen molar-refractivity contribution in [2.45, 2.75) is 58.0 Å². The number of aliphatic carboxylic acids is 3. The van der Waals surface area contributed by atoms with E-state index in [2.05, 4.69) is 29.1 Å². The summed E-state index contributed by atoms with van der Waals surface area (Å²) >= 11 is 0. The largest absolute Gasteiger partial charge is 0.481 e. The molecule has 0 heterocycles. The van der Waals surface area contributed by atoms with E-state index in [1.54, 1.807) is 12.2 Å². The molecular formula is C21H35N3O7. The van der Waals surface area contributed by atoms with Crippen LogP contribution in [-0.2, 0) is 14.4 Å². The van der Waals surface area contributed by atoms with Gasteiger partial charge >= 0.3 is 23.9 Å². The number of rotatable bonds is 16. The summed E-state index contributed by atoms with van der Waals surface area (Å²) in [4.78, 5) is 44.8. The van der Waals surface area contributed by atoms with Gasteiger partial charge in [-0.1, -0.05) is 45.2 Å². The summed E-state index contributed by atoms with van der Waals surface area (Å²) in [5.41, 5.74) is 0.970. The van der Waals surface area contributed by atoms with Gasteiger partial charge in [0.2, 0.25) is 0 Å². The van der Waals surface area contributed by atoms with Crippen LogP contribution in [-0.4, -0.2) is 64.4 Å². The zero-order chi connectivity index (χ0) is 24.2. The normalized spacial score (nSPS) is 12.4. The highest BCUT2D eigenvalue weighted by atomic mass is 16.4. The maximum absolute atomic E-state index is 11.9. The summed E-state index contributed by atoms with van der Waals surface area (Å²) in [5, 5.41) is 34.3. The van der Waals surface area contributed by atoms with Crippen molar-refractivity contribution in [3.05, 3.63) is 37.0 Å². The van der Waals surface area contributed by atoms with Crippen LogP contribution < -0.4 is 16.0 Å². The van der Waals surface area contributed by atoms with Crippen LogP contribution in [0.5, 0.6) is 0 Å². The second kappa shape index (κ2) is 18.9. The molecule has 0 spiro atoms. The lowest BCUT2D eigenvalue weighted by Gasteiger charge is -2.18. The van der Waals surface area contributed by atoms with Gasteiger partial charge in [0.15, 0.2) is 0 Å². The number of allylic oxidation sites excluding steroid dienone is 2. The van der Waals surface area contributed by atoms with Crippen molar-refractivity contribution >= 4 is 23.9 Å². The zero-order valence-corrected chi connectivity index (χ0v) is 18.2. The molecule has 0 aliphatic heterocycles. The van der Waals surface area contributed by atoms with Crippen molar-refractivity contribution in [3.8, 4) is 0 Å². The monoisotopic (exact) mass is 441 g/mol. The van der Waals surface area contributed by atoms with Gasteiger partial charge in [-0.15, -0.1) is 0 Å². The molecule has 10 nitrogen and oxygen atoms in total. The molecule has 0 fully saturated rings. The minimum absolute atomic E-state index is 0.161. The number of unbranched alkanes of at least 4 members (excludes halogenated alkanes) is 1. The quantitative estimate of drug-likeness (QED) is 0.157. The predicted octanol–water partition coefficient (Wildman–Crippen LogP) is 2.14. The van der Waals surface area contributed by atoms with E-state index in [0.29, 0.717) is 25.9 Å². The number of carbonyl (C=O) groups is 4. The van der Waals surface area contributed by atoms with Gasteiger partial charge in [0.05, 0.1) is 0 Å². The number of carbonyl (C=O) groups excluding carboxylic acids is 1.